The van der Waals surface area contributed by atoms with Gasteiger partial charge < -0.3 is 15.2 Å². The molecule has 0 spiro atoms. The van der Waals surface area contributed by atoms with E-state index in [1.165, 1.54) is 23.1 Å². The molecule has 3 aromatic rings. The number of aromatic amines is 1. The molecule has 2 amide bonds. The lowest BCUT2D eigenvalue weighted by molar-refractivity contribution is -0.131. The summed E-state index contributed by atoms with van der Waals surface area (Å²) < 4.78 is 41.8. The average Bonchev–Trinajstić information content (AvgIpc) is 3.08. The van der Waals surface area contributed by atoms with E-state index in [-0.39, 0.29) is 47.9 Å². The Labute approximate surface area is 183 Å². The lowest BCUT2D eigenvalue weighted by Crippen LogP contribution is -2.43. The first-order valence-electron chi connectivity index (χ1n) is 10.5. The van der Waals surface area contributed by atoms with Gasteiger partial charge in [0.2, 0.25) is 11.8 Å². The highest BCUT2D eigenvalue weighted by atomic mass is 19.1. The van der Waals surface area contributed by atoms with E-state index < -0.39 is 11.6 Å². The van der Waals surface area contributed by atoms with Gasteiger partial charge in [-0.2, -0.15) is 0 Å². The van der Waals surface area contributed by atoms with Crippen LogP contribution in [-0.2, 0) is 9.59 Å². The predicted molar refractivity (Wildman–Crippen MR) is 115 cm³/mol. The van der Waals surface area contributed by atoms with Gasteiger partial charge in [0.1, 0.15) is 17.5 Å². The predicted octanol–water partition coefficient (Wildman–Crippen LogP) is 4.48. The number of halogens is 3. The normalized spacial score (nSPS) is 17.8. The third-order valence-electron chi connectivity index (χ3n) is 5.97. The van der Waals surface area contributed by atoms with E-state index in [1.807, 2.05) is 0 Å². The van der Waals surface area contributed by atoms with Crippen LogP contribution in [0.5, 0.6) is 0 Å². The van der Waals surface area contributed by atoms with Gasteiger partial charge in [0, 0.05) is 44.4 Å². The molecule has 1 aromatic heterocycles. The summed E-state index contributed by atoms with van der Waals surface area (Å²) in [5.41, 5.74) is 2.26. The second-order valence-corrected chi connectivity index (χ2v) is 8.45. The summed E-state index contributed by atoms with van der Waals surface area (Å²) in [7, 11) is 3.28. The number of carbonyl (C=O) groups is 2. The molecule has 0 aliphatic heterocycles. The minimum atomic E-state index is -0.690. The van der Waals surface area contributed by atoms with Crippen molar-refractivity contribution in [3.05, 3.63) is 59.4 Å². The molecule has 0 bridgehead atoms. The molecule has 2 N–H and O–H groups in total. The summed E-state index contributed by atoms with van der Waals surface area (Å²) in [5.74, 6) is -2.08. The number of nitrogens with zero attached hydrogens (tertiary/aromatic N) is 1. The van der Waals surface area contributed by atoms with Crippen molar-refractivity contribution in [2.24, 2.45) is 0 Å². The third kappa shape index (κ3) is 4.35. The Balaban J connectivity index is 1.54. The number of hydrogen-bond donors (Lipinski definition) is 2. The summed E-state index contributed by atoms with van der Waals surface area (Å²) in [6, 6.07) is 7.88. The van der Waals surface area contributed by atoms with Crippen LogP contribution in [0, 0.1) is 17.5 Å². The largest absolute Gasteiger partial charge is 0.353 e. The number of fused-ring (bicyclic) bond motifs is 1. The van der Waals surface area contributed by atoms with E-state index >= 15 is 0 Å². The van der Waals surface area contributed by atoms with E-state index in [9.17, 15) is 22.8 Å². The maximum atomic E-state index is 14.4. The Morgan fingerprint density at radius 1 is 1.03 bits per heavy atom. The third-order valence-corrected chi connectivity index (χ3v) is 5.97. The van der Waals surface area contributed by atoms with Crippen LogP contribution in [0.25, 0.3) is 22.2 Å². The van der Waals surface area contributed by atoms with Crippen LogP contribution in [0.15, 0.2) is 36.4 Å². The monoisotopic (exact) mass is 443 g/mol. The number of amides is 2. The molecule has 1 fully saturated rings. The number of nitrogens with one attached hydrogen (secondary N) is 2. The number of rotatable bonds is 6. The Hall–Kier alpha value is -3.29. The fraction of sp³-hybridized carbons (Fsp3) is 0.333. The summed E-state index contributed by atoms with van der Waals surface area (Å²) in [4.78, 5) is 28.3. The Morgan fingerprint density at radius 2 is 1.72 bits per heavy atom. The molecule has 0 atom stereocenters. The molecule has 0 unspecified atom stereocenters. The minimum Gasteiger partial charge on any atom is -0.353 e. The first kappa shape index (κ1) is 21.9. The molecule has 5 nitrogen and oxygen atoms in total. The molecule has 1 aliphatic carbocycles. The zero-order valence-corrected chi connectivity index (χ0v) is 17.8. The smallest absolute Gasteiger partial charge is 0.222 e. The highest BCUT2D eigenvalue weighted by Gasteiger charge is 2.35. The van der Waals surface area contributed by atoms with Crippen molar-refractivity contribution in [2.75, 3.05) is 14.1 Å². The lowest BCUT2D eigenvalue weighted by atomic mass is 9.74. The van der Waals surface area contributed by atoms with Gasteiger partial charge in [0.15, 0.2) is 0 Å². The maximum Gasteiger partial charge on any atom is 0.222 e. The van der Waals surface area contributed by atoms with Crippen molar-refractivity contribution in [1.29, 1.82) is 0 Å². The molecule has 32 heavy (non-hydrogen) atoms. The van der Waals surface area contributed by atoms with Gasteiger partial charge in [0.05, 0.1) is 11.2 Å². The molecule has 1 saturated carbocycles. The molecule has 8 heteroatoms. The Bertz CT molecular complexity index is 1170. The molecule has 0 saturated heterocycles. The molecule has 4 rings (SSSR count). The second-order valence-electron chi connectivity index (χ2n) is 8.45. The molecule has 1 aliphatic rings. The van der Waals surface area contributed by atoms with Crippen LogP contribution in [0.3, 0.4) is 0 Å². The van der Waals surface area contributed by atoms with Crippen LogP contribution in [0.2, 0.25) is 0 Å². The lowest BCUT2D eigenvalue weighted by Gasteiger charge is -2.36. The number of benzene rings is 2. The van der Waals surface area contributed by atoms with Crippen molar-refractivity contribution < 1.29 is 22.8 Å². The van der Waals surface area contributed by atoms with Crippen LogP contribution in [0.1, 0.15) is 37.2 Å². The molecule has 168 valence electrons. The summed E-state index contributed by atoms with van der Waals surface area (Å²) >= 11 is 0. The van der Waals surface area contributed by atoms with Crippen molar-refractivity contribution in [3.63, 3.8) is 0 Å². The van der Waals surface area contributed by atoms with Gasteiger partial charge in [-0.05, 0) is 60.2 Å². The zero-order valence-electron chi connectivity index (χ0n) is 17.8. The van der Waals surface area contributed by atoms with Crippen LogP contribution in [0.4, 0.5) is 13.2 Å². The first-order valence-corrected chi connectivity index (χ1v) is 10.5. The van der Waals surface area contributed by atoms with Gasteiger partial charge in [-0.25, -0.2) is 13.2 Å². The number of H-pyrrole nitrogens is 1. The van der Waals surface area contributed by atoms with Crippen molar-refractivity contribution in [1.82, 2.24) is 15.2 Å². The van der Waals surface area contributed by atoms with Crippen LogP contribution >= 0.6 is 0 Å². The zero-order chi connectivity index (χ0) is 23.0. The topological polar surface area (TPSA) is 65.2 Å². The van der Waals surface area contributed by atoms with Gasteiger partial charge in [0.25, 0.3) is 0 Å². The van der Waals surface area contributed by atoms with Gasteiger partial charge >= 0.3 is 0 Å². The van der Waals surface area contributed by atoms with E-state index in [0.29, 0.717) is 29.5 Å². The second kappa shape index (κ2) is 8.68. The van der Waals surface area contributed by atoms with Crippen molar-refractivity contribution in [3.8, 4) is 11.3 Å². The van der Waals surface area contributed by atoms with E-state index in [0.717, 1.165) is 11.6 Å². The molecule has 0 radical (unpaired) electrons. The van der Waals surface area contributed by atoms with Gasteiger partial charge in [-0.1, -0.05) is 0 Å². The summed E-state index contributed by atoms with van der Waals surface area (Å²) in [5, 5.41) is 3.37. The molecule has 2 aromatic carbocycles. The Kier molecular flexibility index (Phi) is 5.95. The number of carbonyl (C=O) groups excluding carboxylic acids is 2. The minimum absolute atomic E-state index is 0.0290. The van der Waals surface area contributed by atoms with E-state index in [2.05, 4.69) is 10.3 Å². The van der Waals surface area contributed by atoms with E-state index in [4.69, 9.17) is 0 Å². The maximum absolute atomic E-state index is 14.4. The highest BCUT2D eigenvalue weighted by Crippen LogP contribution is 2.45. The molecule has 1 heterocycles. The summed E-state index contributed by atoms with van der Waals surface area (Å²) in [6.45, 7) is 0. The van der Waals surface area contributed by atoms with Crippen molar-refractivity contribution in [2.45, 2.75) is 37.6 Å². The van der Waals surface area contributed by atoms with Crippen LogP contribution < -0.4 is 5.32 Å². The SMILES string of the molecule is CN(C)C(=O)CCC(=O)N[C@H]1C[C@H](c2c(-c3ccc(F)cc3)[nH]c3c(F)cc(F)cc32)C1. The fourth-order valence-electron chi connectivity index (χ4n) is 4.22. The van der Waals surface area contributed by atoms with Gasteiger partial charge in [-0.3, -0.25) is 9.59 Å². The highest BCUT2D eigenvalue weighted by molar-refractivity contribution is 5.92. The van der Waals surface area contributed by atoms with Crippen LogP contribution in [-0.4, -0.2) is 41.8 Å². The number of hydrogen-bond acceptors (Lipinski definition) is 2. The Morgan fingerprint density at radius 3 is 2.38 bits per heavy atom. The average molecular weight is 443 g/mol. The van der Waals surface area contributed by atoms with Gasteiger partial charge in [-0.15, -0.1) is 0 Å². The fourth-order valence-corrected chi connectivity index (χ4v) is 4.22. The molecular formula is C24H24F3N3O2. The molecular weight excluding hydrogens is 419 g/mol. The van der Waals surface area contributed by atoms with Crippen molar-refractivity contribution >= 4 is 22.7 Å². The first-order chi connectivity index (χ1) is 15.2. The summed E-state index contributed by atoms with van der Waals surface area (Å²) in [6.07, 6.45) is 1.46. The quantitative estimate of drug-likeness (QED) is 0.590. The number of aromatic nitrogens is 1. The van der Waals surface area contributed by atoms with E-state index in [1.54, 1.807) is 26.2 Å². The standard InChI is InChI=1S/C24H24F3N3O2/c1-30(2)21(32)8-7-20(31)28-17-9-14(10-17)22-18-11-16(26)12-19(27)24(18)29-23(22)13-3-5-15(25)6-4-13/h3-6,11-12,14,17,29H,7-10H2,1-2H3,(H,28,31)/t14-,17-.